The Bertz CT molecular complexity index is 643. The lowest BCUT2D eigenvalue weighted by atomic mass is 10.0. The van der Waals surface area contributed by atoms with Crippen LogP contribution in [0.25, 0.3) is 10.9 Å². The zero-order chi connectivity index (χ0) is 12.6. The predicted octanol–water partition coefficient (Wildman–Crippen LogP) is 3.13. The number of aromatic nitrogens is 1. The van der Waals surface area contributed by atoms with Crippen LogP contribution < -0.4 is 5.43 Å². The van der Waals surface area contributed by atoms with Crippen LogP contribution >= 0.6 is 15.9 Å². The summed E-state index contributed by atoms with van der Waals surface area (Å²) in [5.41, 5.74) is 0.753. The van der Waals surface area contributed by atoms with Gasteiger partial charge in [0, 0.05) is 27.5 Å². The molecule has 0 aliphatic heterocycles. The third-order valence-electron chi connectivity index (χ3n) is 2.63. The van der Waals surface area contributed by atoms with E-state index in [4.69, 9.17) is 0 Å². The third kappa shape index (κ3) is 2.17. The van der Waals surface area contributed by atoms with E-state index < -0.39 is 0 Å². The zero-order valence-corrected chi connectivity index (χ0v) is 11.2. The molecule has 0 aliphatic carbocycles. The van der Waals surface area contributed by atoms with Crippen molar-refractivity contribution in [1.29, 1.82) is 0 Å². The smallest absolute Gasteiger partial charge is 0.200 e. The van der Waals surface area contributed by atoms with Gasteiger partial charge in [0.05, 0.1) is 5.56 Å². The highest BCUT2D eigenvalue weighted by Gasteiger charge is 2.15. The number of carbonyl (C=O) groups is 1. The van der Waals surface area contributed by atoms with Gasteiger partial charge in [-0.3, -0.25) is 9.59 Å². The Morgan fingerprint density at radius 1 is 1.35 bits per heavy atom. The summed E-state index contributed by atoms with van der Waals surface area (Å²) in [6.45, 7) is 3.57. The first kappa shape index (κ1) is 12.0. The first-order chi connectivity index (χ1) is 8.00. The number of benzene rings is 1. The standard InChI is InChI=1S/C13H12BrNO2/c1-7(2)12(16)10-6-15-11-4-3-8(14)5-9(11)13(10)17/h3-7H,1-2H3,(H,15,17). The monoisotopic (exact) mass is 293 g/mol. The van der Waals surface area contributed by atoms with Gasteiger partial charge in [-0.05, 0) is 18.2 Å². The minimum Gasteiger partial charge on any atom is -0.360 e. The van der Waals surface area contributed by atoms with Crippen LogP contribution in [0.1, 0.15) is 24.2 Å². The van der Waals surface area contributed by atoms with Gasteiger partial charge in [-0.15, -0.1) is 0 Å². The average molecular weight is 294 g/mol. The highest BCUT2D eigenvalue weighted by Crippen LogP contribution is 2.16. The summed E-state index contributed by atoms with van der Waals surface area (Å²) in [6, 6.07) is 5.39. The van der Waals surface area contributed by atoms with Crippen molar-refractivity contribution in [3.05, 3.63) is 44.7 Å². The molecule has 3 nitrogen and oxygen atoms in total. The summed E-state index contributed by atoms with van der Waals surface area (Å²) < 4.78 is 0.824. The number of Topliss-reactive ketones (excluding diaryl/α,β-unsaturated/α-hetero) is 1. The molecule has 2 rings (SSSR count). The molecule has 0 saturated carbocycles. The van der Waals surface area contributed by atoms with Crippen LogP contribution in [0.4, 0.5) is 0 Å². The van der Waals surface area contributed by atoms with Crippen LogP contribution in [-0.2, 0) is 0 Å². The molecule has 1 aromatic heterocycles. The Morgan fingerprint density at radius 2 is 2.06 bits per heavy atom. The van der Waals surface area contributed by atoms with Crippen molar-refractivity contribution in [3.8, 4) is 0 Å². The number of H-pyrrole nitrogens is 1. The number of nitrogens with one attached hydrogen (secondary N) is 1. The Balaban J connectivity index is 2.73. The Morgan fingerprint density at radius 3 is 2.71 bits per heavy atom. The molecule has 0 fully saturated rings. The van der Waals surface area contributed by atoms with Gasteiger partial charge in [0.1, 0.15) is 0 Å². The van der Waals surface area contributed by atoms with Crippen LogP contribution in [0, 0.1) is 5.92 Å². The first-order valence-electron chi connectivity index (χ1n) is 5.36. The number of rotatable bonds is 2. The SMILES string of the molecule is CC(C)C(=O)c1c[nH]c2ccc(Br)cc2c1=O. The number of aromatic amines is 1. The largest absolute Gasteiger partial charge is 0.360 e. The van der Waals surface area contributed by atoms with Gasteiger partial charge in [-0.25, -0.2) is 0 Å². The second kappa shape index (κ2) is 4.45. The van der Waals surface area contributed by atoms with E-state index in [2.05, 4.69) is 20.9 Å². The molecule has 0 bridgehead atoms. The zero-order valence-electron chi connectivity index (χ0n) is 9.58. The summed E-state index contributed by atoms with van der Waals surface area (Å²) >= 11 is 3.32. The minimum absolute atomic E-state index is 0.131. The second-order valence-electron chi connectivity index (χ2n) is 4.24. The van der Waals surface area contributed by atoms with Gasteiger partial charge in [0.2, 0.25) is 0 Å². The molecule has 88 valence electrons. The predicted molar refractivity (Wildman–Crippen MR) is 71.4 cm³/mol. The lowest BCUT2D eigenvalue weighted by molar-refractivity contribution is 0.0938. The van der Waals surface area contributed by atoms with Gasteiger partial charge >= 0.3 is 0 Å². The van der Waals surface area contributed by atoms with Gasteiger partial charge < -0.3 is 4.98 Å². The molecule has 0 atom stereocenters. The van der Waals surface area contributed by atoms with Crippen molar-refractivity contribution in [1.82, 2.24) is 4.98 Å². The Labute approximate surface area is 107 Å². The maximum Gasteiger partial charge on any atom is 0.200 e. The second-order valence-corrected chi connectivity index (χ2v) is 5.16. The molecule has 4 heteroatoms. The van der Waals surface area contributed by atoms with E-state index in [1.54, 1.807) is 19.9 Å². The highest BCUT2D eigenvalue weighted by atomic mass is 79.9. The lowest BCUT2D eigenvalue weighted by Crippen LogP contribution is -2.19. The third-order valence-corrected chi connectivity index (χ3v) is 3.13. The van der Waals surface area contributed by atoms with Crippen molar-refractivity contribution in [2.75, 3.05) is 0 Å². The first-order valence-corrected chi connectivity index (χ1v) is 6.15. The molecule has 0 aliphatic rings. The highest BCUT2D eigenvalue weighted by molar-refractivity contribution is 9.10. The topological polar surface area (TPSA) is 49.9 Å². The van der Waals surface area contributed by atoms with Crippen molar-refractivity contribution in [3.63, 3.8) is 0 Å². The van der Waals surface area contributed by atoms with Crippen LogP contribution in [0.5, 0.6) is 0 Å². The molecule has 0 radical (unpaired) electrons. The summed E-state index contributed by atoms with van der Waals surface area (Å²) in [6.07, 6.45) is 1.50. The van der Waals surface area contributed by atoms with Gasteiger partial charge in [0.25, 0.3) is 0 Å². The number of pyridine rings is 1. The van der Waals surface area contributed by atoms with Crippen LogP contribution in [-0.4, -0.2) is 10.8 Å². The van der Waals surface area contributed by atoms with Crippen molar-refractivity contribution in [2.45, 2.75) is 13.8 Å². The fourth-order valence-electron chi connectivity index (χ4n) is 1.68. The normalized spacial score (nSPS) is 11.1. The fourth-order valence-corrected chi connectivity index (χ4v) is 2.05. The molecule has 0 saturated heterocycles. The van der Waals surface area contributed by atoms with Crippen molar-refractivity contribution >= 4 is 32.6 Å². The summed E-state index contributed by atoms with van der Waals surface area (Å²) in [4.78, 5) is 27.0. The lowest BCUT2D eigenvalue weighted by Gasteiger charge is -2.05. The van der Waals surface area contributed by atoms with Gasteiger partial charge in [-0.1, -0.05) is 29.8 Å². The molecule has 1 aromatic carbocycles. The number of ketones is 1. The quantitative estimate of drug-likeness (QED) is 0.865. The van der Waals surface area contributed by atoms with Gasteiger partial charge in [0.15, 0.2) is 11.2 Å². The average Bonchev–Trinajstić information content (AvgIpc) is 2.29. The number of hydrogen-bond donors (Lipinski definition) is 1. The molecule has 0 unspecified atom stereocenters. The van der Waals surface area contributed by atoms with Crippen LogP contribution in [0.15, 0.2) is 33.7 Å². The number of fused-ring (bicyclic) bond motifs is 1. The van der Waals surface area contributed by atoms with E-state index >= 15 is 0 Å². The molecule has 1 heterocycles. The molecule has 17 heavy (non-hydrogen) atoms. The van der Waals surface area contributed by atoms with E-state index in [0.29, 0.717) is 5.39 Å². The maximum atomic E-state index is 12.2. The molecule has 0 amide bonds. The molecule has 0 spiro atoms. The van der Waals surface area contributed by atoms with Gasteiger partial charge in [-0.2, -0.15) is 0 Å². The molecule has 2 aromatic rings. The minimum atomic E-state index is -0.209. The molecular formula is C13H12BrNO2. The van der Waals surface area contributed by atoms with E-state index in [0.717, 1.165) is 9.99 Å². The molecular weight excluding hydrogens is 282 g/mol. The van der Waals surface area contributed by atoms with Crippen LogP contribution in [0.3, 0.4) is 0 Å². The van der Waals surface area contributed by atoms with E-state index in [1.165, 1.54) is 6.20 Å². The summed E-state index contributed by atoms with van der Waals surface area (Å²) in [5, 5.41) is 0.533. The van der Waals surface area contributed by atoms with E-state index in [9.17, 15) is 9.59 Å². The number of hydrogen-bond acceptors (Lipinski definition) is 2. The summed E-state index contributed by atoms with van der Waals surface area (Å²) in [7, 11) is 0. The summed E-state index contributed by atoms with van der Waals surface area (Å²) in [5.74, 6) is -0.311. The number of halogens is 1. The Kier molecular flexibility index (Phi) is 3.15. The number of carbonyl (C=O) groups excluding carboxylic acids is 1. The van der Waals surface area contributed by atoms with Crippen LogP contribution in [0.2, 0.25) is 0 Å². The van der Waals surface area contributed by atoms with Crippen molar-refractivity contribution < 1.29 is 4.79 Å². The molecule has 1 N–H and O–H groups in total. The Hall–Kier alpha value is -1.42. The maximum absolute atomic E-state index is 12.2. The van der Waals surface area contributed by atoms with E-state index in [1.807, 2.05) is 12.1 Å². The van der Waals surface area contributed by atoms with E-state index in [-0.39, 0.29) is 22.7 Å². The fraction of sp³-hybridized carbons (Fsp3) is 0.231. The van der Waals surface area contributed by atoms with Crippen molar-refractivity contribution in [2.24, 2.45) is 5.92 Å².